The van der Waals surface area contributed by atoms with E-state index in [-0.39, 0.29) is 28.2 Å². The highest BCUT2D eigenvalue weighted by Crippen LogP contribution is 2.17. The third-order valence-corrected chi connectivity index (χ3v) is 5.65. The van der Waals surface area contributed by atoms with Gasteiger partial charge in [-0.25, -0.2) is 4.98 Å². The van der Waals surface area contributed by atoms with Crippen LogP contribution in [0.15, 0.2) is 64.7 Å². The quantitative estimate of drug-likeness (QED) is 0.310. The molecular formula is C22H19ClN4O4S. The summed E-state index contributed by atoms with van der Waals surface area (Å²) in [6, 6.07) is 13.1. The van der Waals surface area contributed by atoms with Crippen LogP contribution in [-0.4, -0.2) is 32.9 Å². The molecule has 0 fully saturated rings. The molecule has 0 bridgehead atoms. The Labute approximate surface area is 193 Å². The molecule has 0 aliphatic carbocycles. The van der Waals surface area contributed by atoms with Gasteiger partial charge in [-0.05, 0) is 43.3 Å². The lowest BCUT2D eigenvalue weighted by molar-refractivity contribution is -0.113. The Morgan fingerprint density at radius 1 is 1.06 bits per heavy atom. The van der Waals surface area contributed by atoms with Gasteiger partial charge in [0.05, 0.1) is 5.75 Å². The number of benzene rings is 2. The molecule has 10 heteroatoms. The molecule has 0 atom stereocenters. The first kappa shape index (κ1) is 23.2. The van der Waals surface area contributed by atoms with Crippen LogP contribution in [0.25, 0.3) is 0 Å². The Balaban J connectivity index is 1.64. The van der Waals surface area contributed by atoms with Crippen molar-refractivity contribution in [2.75, 3.05) is 16.4 Å². The van der Waals surface area contributed by atoms with Gasteiger partial charge in [0.1, 0.15) is 5.56 Å². The number of hydrogen-bond donors (Lipinski definition) is 2. The summed E-state index contributed by atoms with van der Waals surface area (Å²) in [5.74, 6) is -1.04. The molecule has 0 aliphatic heterocycles. The average molecular weight is 471 g/mol. The zero-order valence-electron chi connectivity index (χ0n) is 17.2. The number of aromatic nitrogens is 2. The maximum atomic E-state index is 12.6. The van der Waals surface area contributed by atoms with Gasteiger partial charge in [-0.3, -0.25) is 23.7 Å². The van der Waals surface area contributed by atoms with Crippen LogP contribution >= 0.6 is 23.4 Å². The van der Waals surface area contributed by atoms with Crippen molar-refractivity contribution in [2.45, 2.75) is 12.1 Å². The summed E-state index contributed by atoms with van der Waals surface area (Å²) in [4.78, 5) is 52.9. The number of rotatable bonds is 7. The monoisotopic (exact) mass is 470 g/mol. The lowest BCUT2D eigenvalue weighted by Crippen LogP contribution is -2.29. The van der Waals surface area contributed by atoms with E-state index in [1.165, 1.54) is 24.7 Å². The molecule has 0 unspecified atom stereocenters. The Kier molecular flexibility index (Phi) is 7.45. The van der Waals surface area contributed by atoms with E-state index in [1.807, 2.05) is 0 Å². The van der Waals surface area contributed by atoms with E-state index in [9.17, 15) is 19.2 Å². The Morgan fingerprint density at radius 3 is 2.47 bits per heavy atom. The van der Waals surface area contributed by atoms with Crippen LogP contribution < -0.4 is 16.2 Å². The van der Waals surface area contributed by atoms with Gasteiger partial charge < -0.3 is 10.6 Å². The minimum absolute atomic E-state index is 0.0130. The number of ketones is 1. The third-order valence-electron chi connectivity index (χ3n) is 4.36. The Hall–Kier alpha value is -3.43. The van der Waals surface area contributed by atoms with E-state index in [1.54, 1.807) is 48.5 Å². The highest BCUT2D eigenvalue weighted by molar-refractivity contribution is 7.99. The Bertz CT molecular complexity index is 1240. The van der Waals surface area contributed by atoms with Crippen LogP contribution in [0.4, 0.5) is 11.4 Å². The molecule has 0 saturated heterocycles. The summed E-state index contributed by atoms with van der Waals surface area (Å²) < 4.78 is 1.21. The van der Waals surface area contributed by atoms with Crippen molar-refractivity contribution in [3.05, 3.63) is 81.2 Å². The molecule has 1 aromatic heterocycles. The molecule has 2 amide bonds. The van der Waals surface area contributed by atoms with E-state index < -0.39 is 11.5 Å². The lowest BCUT2D eigenvalue weighted by Gasteiger charge is -2.10. The maximum Gasteiger partial charge on any atom is 0.266 e. The molecule has 1 heterocycles. The first-order valence-corrected chi connectivity index (χ1v) is 10.8. The van der Waals surface area contributed by atoms with Gasteiger partial charge in [0.2, 0.25) is 5.91 Å². The lowest BCUT2D eigenvalue weighted by atomic mass is 10.1. The number of amides is 2. The molecule has 0 spiro atoms. The third kappa shape index (κ3) is 5.83. The maximum absolute atomic E-state index is 12.6. The Morgan fingerprint density at radius 2 is 1.78 bits per heavy atom. The number of halogens is 1. The van der Waals surface area contributed by atoms with Crippen molar-refractivity contribution in [3.63, 3.8) is 0 Å². The molecule has 164 valence electrons. The summed E-state index contributed by atoms with van der Waals surface area (Å²) in [5.41, 5.74) is 0.817. The van der Waals surface area contributed by atoms with Crippen molar-refractivity contribution in [1.82, 2.24) is 9.55 Å². The van der Waals surface area contributed by atoms with Gasteiger partial charge >= 0.3 is 0 Å². The number of carbonyl (C=O) groups is 3. The summed E-state index contributed by atoms with van der Waals surface area (Å²) in [6.45, 7) is 1.45. The second-order valence-electron chi connectivity index (χ2n) is 6.75. The number of thioether (sulfide) groups is 1. The zero-order chi connectivity index (χ0) is 23.3. The van der Waals surface area contributed by atoms with Crippen LogP contribution in [0, 0.1) is 0 Å². The fourth-order valence-corrected chi connectivity index (χ4v) is 3.56. The molecule has 3 aromatic rings. The number of Topliss-reactive ketones (excluding diaryl/α,β-unsaturated/α-hetero) is 1. The minimum Gasteiger partial charge on any atom is -0.325 e. The largest absolute Gasteiger partial charge is 0.325 e. The second-order valence-corrected chi connectivity index (χ2v) is 8.13. The van der Waals surface area contributed by atoms with E-state index in [0.29, 0.717) is 22.0 Å². The number of hydrogen-bond acceptors (Lipinski definition) is 6. The molecule has 2 aromatic carbocycles. The molecule has 32 heavy (non-hydrogen) atoms. The van der Waals surface area contributed by atoms with Crippen molar-refractivity contribution in [3.8, 4) is 0 Å². The molecule has 3 rings (SSSR count). The van der Waals surface area contributed by atoms with Crippen LogP contribution in [-0.2, 0) is 11.8 Å². The topological polar surface area (TPSA) is 110 Å². The fraction of sp³-hybridized carbons (Fsp3) is 0.136. The normalized spacial score (nSPS) is 10.5. The number of anilines is 2. The number of nitrogens with one attached hydrogen (secondary N) is 2. The van der Waals surface area contributed by atoms with Crippen LogP contribution in [0.3, 0.4) is 0 Å². The number of carbonyl (C=O) groups excluding carboxylic acids is 3. The van der Waals surface area contributed by atoms with Crippen molar-refractivity contribution in [1.29, 1.82) is 0 Å². The zero-order valence-corrected chi connectivity index (χ0v) is 18.8. The molecule has 8 nitrogen and oxygen atoms in total. The SMILES string of the molecule is CC(=O)c1cccc(NC(=O)CSc2ncc(C(=O)Nc3ccc(Cl)cc3)c(=O)n2C)c1. The summed E-state index contributed by atoms with van der Waals surface area (Å²) >= 11 is 6.88. The first-order valence-electron chi connectivity index (χ1n) is 9.41. The van der Waals surface area contributed by atoms with Crippen LogP contribution in [0.5, 0.6) is 0 Å². The highest BCUT2D eigenvalue weighted by Gasteiger charge is 2.16. The van der Waals surface area contributed by atoms with Gasteiger partial charge in [0.15, 0.2) is 10.9 Å². The predicted molar refractivity (Wildman–Crippen MR) is 125 cm³/mol. The van der Waals surface area contributed by atoms with E-state index in [4.69, 9.17) is 11.6 Å². The summed E-state index contributed by atoms with van der Waals surface area (Å²) in [6.07, 6.45) is 1.18. The standard InChI is InChI=1S/C22H19ClN4O4S/c1-13(28)14-4-3-5-17(10-14)25-19(29)12-32-22-24-11-18(21(31)27(22)2)20(30)26-16-8-6-15(23)7-9-16/h3-11H,12H2,1-2H3,(H,25,29)(H,26,30). The van der Waals surface area contributed by atoms with Gasteiger partial charge in [-0.1, -0.05) is 35.5 Å². The van der Waals surface area contributed by atoms with Crippen molar-refractivity contribution < 1.29 is 14.4 Å². The molecule has 0 saturated carbocycles. The van der Waals surface area contributed by atoms with Gasteiger partial charge in [-0.15, -0.1) is 0 Å². The van der Waals surface area contributed by atoms with Crippen LogP contribution in [0.2, 0.25) is 5.02 Å². The van der Waals surface area contributed by atoms with Gasteiger partial charge in [0, 0.05) is 35.2 Å². The van der Waals surface area contributed by atoms with E-state index in [2.05, 4.69) is 15.6 Å². The van der Waals surface area contributed by atoms with Crippen molar-refractivity contribution >= 4 is 52.3 Å². The molecular weight excluding hydrogens is 452 g/mol. The summed E-state index contributed by atoms with van der Waals surface area (Å²) in [7, 11) is 1.48. The van der Waals surface area contributed by atoms with Crippen molar-refractivity contribution in [2.24, 2.45) is 7.05 Å². The molecule has 2 N–H and O–H groups in total. The fourth-order valence-electron chi connectivity index (χ4n) is 2.69. The summed E-state index contributed by atoms with van der Waals surface area (Å²) in [5, 5.41) is 6.13. The van der Waals surface area contributed by atoms with Gasteiger partial charge in [0.25, 0.3) is 11.5 Å². The number of nitrogens with zero attached hydrogens (tertiary/aromatic N) is 2. The molecule has 0 aliphatic rings. The smallest absolute Gasteiger partial charge is 0.266 e. The van der Waals surface area contributed by atoms with Crippen LogP contribution in [0.1, 0.15) is 27.6 Å². The predicted octanol–water partition coefficient (Wildman–Crippen LogP) is 3.62. The highest BCUT2D eigenvalue weighted by atomic mass is 35.5. The minimum atomic E-state index is -0.597. The average Bonchev–Trinajstić information content (AvgIpc) is 2.76. The molecule has 0 radical (unpaired) electrons. The van der Waals surface area contributed by atoms with Gasteiger partial charge in [-0.2, -0.15) is 0 Å². The van der Waals surface area contributed by atoms with E-state index in [0.717, 1.165) is 11.8 Å². The first-order chi connectivity index (χ1) is 15.2. The van der Waals surface area contributed by atoms with E-state index >= 15 is 0 Å². The second kappa shape index (κ2) is 10.3.